The van der Waals surface area contributed by atoms with Gasteiger partial charge in [-0.2, -0.15) is 0 Å². The van der Waals surface area contributed by atoms with Crippen molar-refractivity contribution < 1.29 is 14.5 Å². The molecule has 2 heterocycles. The van der Waals surface area contributed by atoms with Crippen molar-refractivity contribution in [3.05, 3.63) is 27.9 Å². The number of carbonyl (C=O) groups is 1. The van der Waals surface area contributed by atoms with Gasteiger partial charge in [-0.1, -0.05) is 0 Å². The lowest BCUT2D eigenvalue weighted by Gasteiger charge is -2.31. The Morgan fingerprint density at radius 3 is 2.71 bits per heavy atom. The van der Waals surface area contributed by atoms with Crippen molar-refractivity contribution in [2.75, 3.05) is 32.6 Å². The number of piperidine rings is 1. The molecule has 0 spiro atoms. The van der Waals surface area contributed by atoms with Gasteiger partial charge < -0.3 is 15.0 Å². The molecule has 1 aliphatic heterocycles. The Labute approximate surface area is 122 Å². The fraction of sp³-hybridized carbons (Fsp3) is 0.538. The van der Waals surface area contributed by atoms with Crippen LogP contribution in [-0.2, 0) is 4.74 Å². The summed E-state index contributed by atoms with van der Waals surface area (Å²) in [6, 6.07) is 1.27. The lowest BCUT2D eigenvalue weighted by atomic mass is 10.1. The number of hydrogen-bond acceptors (Lipinski definition) is 6. The Balaban J connectivity index is 2.22. The van der Waals surface area contributed by atoms with E-state index in [1.54, 1.807) is 19.1 Å². The van der Waals surface area contributed by atoms with E-state index in [1.807, 2.05) is 0 Å². The average molecular weight is 294 g/mol. The first-order valence-electron chi connectivity index (χ1n) is 6.71. The van der Waals surface area contributed by atoms with Crippen LogP contribution in [-0.4, -0.2) is 54.1 Å². The quantitative estimate of drug-likeness (QED) is 0.663. The summed E-state index contributed by atoms with van der Waals surface area (Å²) >= 11 is 0. The highest BCUT2D eigenvalue weighted by atomic mass is 16.6. The summed E-state index contributed by atoms with van der Waals surface area (Å²) in [6.07, 6.45) is 2.83. The molecule has 8 heteroatoms. The third-order valence-corrected chi connectivity index (χ3v) is 3.61. The molecule has 8 nitrogen and oxygen atoms in total. The third kappa shape index (κ3) is 3.27. The van der Waals surface area contributed by atoms with Crippen LogP contribution in [0, 0.1) is 10.1 Å². The number of methoxy groups -OCH3 is 1. The van der Waals surface area contributed by atoms with Crippen molar-refractivity contribution in [1.29, 1.82) is 0 Å². The largest absolute Gasteiger partial charge is 0.381 e. The summed E-state index contributed by atoms with van der Waals surface area (Å²) in [5, 5.41) is 13.6. The second kappa shape index (κ2) is 6.49. The minimum Gasteiger partial charge on any atom is -0.381 e. The van der Waals surface area contributed by atoms with Crippen LogP contribution in [0.1, 0.15) is 23.2 Å². The number of aromatic nitrogens is 1. The van der Waals surface area contributed by atoms with Crippen LogP contribution in [0.25, 0.3) is 0 Å². The molecule has 0 saturated carbocycles. The summed E-state index contributed by atoms with van der Waals surface area (Å²) in [4.78, 5) is 28.4. The second-order valence-electron chi connectivity index (χ2n) is 4.82. The van der Waals surface area contributed by atoms with E-state index in [0.717, 1.165) is 19.0 Å². The van der Waals surface area contributed by atoms with E-state index < -0.39 is 4.92 Å². The molecule has 2 rings (SSSR count). The molecule has 21 heavy (non-hydrogen) atoms. The highest BCUT2D eigenvalue weighted by Gasteiger charge is 2.26. The molecule has 1 amide bonds. The average Bonchev–Trinajstić information content (AvgIpc) is 2.53. The summed E-state index contributed by atoms with van der Waals surface area (Å²) in [5.74, 6) is 0.101. The summed E-state index contributed by atoms with van der Waals surface area (Å²) in [7, 11) is 3.29. The number of nitrogens with one attached hydrogen (secondary N) is 1. The molecule has 0 atom stereocenters. The van der Waals surface area contributed by atoms with Gasteiger partial charge in [0.25, 0.3) is 11.6 Å². The van der Waals surface area contributed by atoms with Crippen molar-refractivity contribution in [3.63, 3.8) is 0 Å². The van der Waals surface area contributed by atoms with Crippen LogP contribution >= 0.6 is 0 Å². The van der Waals surface area contributed by atoms with Crippen LogP contribution in [0.5, 0.6) is 0 Å². The van der Waals surface area contributed by atoms with Crippen molar-refractivity contribution >= 4 is 17.4 Å². The standard InChI is InChI=1S/C13H18N4O4/c1-14-12-11(7-9(8-15-12)17(19)20)13(18)16-5-3-10(21-2)4-6-16/h7-8,10H,3-6H2,1-2H3,(H,14,15). The summed E-state index contributed by atoms with van der Waals surface area (Å²) < 4.78 is 5.27. The van der Waals surface area contributed by atoms with Gasteiger partial charge in [0.05, 0.1) is 16.6 Å². The molecule has 0 aliphatic carbocycles. The highest BCUT2D eigenvalue weighted by Crippen LogP contribution is 2.22. The van der Waals surface area contributed by atoms with E-state index in [9.17, 15) is 14.9 Å². The van der Waals surface area contributed by atoms with Crippen molar-refractivity contribution in [3.8, 4) is 0 Å². The zero-order valence-electron chi connectivity index (χ0n) is 12.0. The molecule has 114 valence electrons. The molecular formula is C13H18N4O4. The molecule has 1 fully saturated rings. The van der Waals surface area contributed by atoms with Crippen LogP contribution in [0.2, 0.25) is 0 Å². The zero-order valence-corrected chi connectivity index (χ0v) is 12.0. The number of nitro groups is 1. The van der Waals surface area contributed by atoms with Crippen LogP contribution in [0.3, 0.4) is 0 Å². The van der Waals surface area contributed by atoms with Gasteiger partial charge in [-0.3, -0.25) is 14.9 Å². The molecule has 1 aromatic rings. The zero-order chi connectivity index (χ0) is 15.4. The predicted octanol–water partition coefficient (Wildman–Crippen LogP) is 1.28. The first-order valence-corrected chi connectivity index (χ1v) is 6.71. The lowest BCUT2D eigenvalue weighted by molar-refractivity contribution is -0.385. The fourth-order valence-corrected chi connectivity index (χ4v) is 2.38. The number of ether oxygens (including phenoxy) is 1. The van der Waals surface area contributed by atoms with Gasteiger partial charge in [0.1, 0.15) is 12.0 Å². The molecule has 1 N–H and O–H groups in total. The number of amides is 1. The van der Waals surface area contributed by atoms with Crippen LogP contribution < -0.4 is 5.32 Å². The number of likely N-dealkylation sites (tertiary alicyclic amines) is 1. The lowest BCUT2D eigenvalue weighted by Crippen LogP contribution is -2.40. The van der Waals surface area contributed by atoms with Gasteiger partial charge in [-0.05, 0) is 12.8 Å². The molecule has 0 bridgehead atoms. The topological polar surface area (TPSA) is 97.6 Å². The van der Waals surface area contributed by atoms with E-state index in [0.29, 0.717) is 18.9 Å². The number of carbonyl (C=O) groups excluding carboxylic acids is 1. The number of hydrogen-bond donors (Lipinski definition) is 1. The van der Waals surface area contributed by atoms with Gasteiger partial charge in [0.15, 0.2) is 0 Å². The minimum atomic E-state index is -0.555. The third-order valence-electron chi connectivity index (χ3n) is 3.61. The fourth-order valence-electron chi connectivity index (χ4n) is 2.38. The van der Waals surface area contributed by atoms with Gasteiger partial charge in [0.2, 0.25) is 0 Å². The second-order valence-corrected chi connectivity index (χ2v) is 4.82. The number of anilines is 1. The van der Waals surface area contributed by atoms with E-state index in [1.165, 1.54) is 6.07 Å². The predicted molar refractivity (Wildman–Crippen MR) is 76.4 cm³/mol. The maximum atomic E-state index is 12.5. The maximum Gasteiger partial charge on any atom is 0.288 e. The van der Waals surface area contributed by atoms with Gasteiger partial charge in [0, 0.05) is 33.3 Å². The summed E-state index contributed by atoms with van der Waals surface area (Å²) in [5.41, 5.74) is 0.0340. The number of pyridine rings is 1. The van der Waals surface area contributed by atoms with Gasteiger partial charge >= 0.3 is 0 Å². The molecule has 1 saturated heterocycles. The Hall–Kier alpha value is -2.22. The molecule has 0 aromatic carbocycles. The maximum absolute atomic E-state index is 12.5. The smallest absolute Gasteiger partial charge is 0.288 e. The van der Waals surface area contributed by atoms with Crippen molar-refractivity contribution in [1.82, 2.24) is 9.88 Å². The Morgan fingerprint density at radius 2 is 2.19 bits per heavy atom. The van der Waals surface area contributed by atoms with Crippen LogP contribution in [0.15, 0.2) is 12.3 Å². The van der Waals surface area contributed by atoms with E-state index in [2.05, 4.69) is 10.3 Å². The normalized spacial score (nSPS) is 15.8. The van der Waals surface area contributed by atoms with Crippen molar-refractivity contribution in [2.24, 2.45) is 0 Å². The van der Waals surface area contributed by atoms with E-state index in [-0.39, 0.29) is 23.3 Å². The first kappa shape index (κ1) is 15.2. The first-order chi connectivity index (χ1) is 10.1. The van der Waals surface area contributed by atoms with E-state index >= 15 is 0 Å². The summed E-state index contributed by atoms with van der Waals surface area (Å²) in [6.45, 7) is 1.15. The Bertz CT molecular complexity index is 541. The van der Waals surface area contributed by atoms with Crippen LogP contribution in [0.4, 0.5) is 11.5 Å². The number of nitrogens with zero attached hydrogens (tertiary/aromatic N) is 3. The number of rotatable bonds is 4. The SMILES string of the molecule is CNc1ncc([N+](=O)[O-])cc1C(=O)N1CCC(OC)CC1. The molecule has 0 unspecified atom stereocenters. The minimum absolute atomic E-state index is 0.168. The monoisotopic (exact) mass is 294 g/mol. The van der Waals surface area contributed by atoms with Gasteiger partial charge in [-0.25, -0.2) is 4.98 Å². The van der Waals surface area contributed by atoms with Crippen molar-refractivity contribution in [2.45, 2.75) is 18.9 Å². The Kier molecular flexibility index (Phi) is 4.69. The van der Waals surface area contributed by atoms with E-state index in [4.69, 9.17) is 4.74 Å². The molecule has 1 aromatic heterocycles. The molecule has 1 aliphatic rings. The molecule has 0 radical (unpaired) electrons. The Morgan fingerprint density at radius 1 is 1.52 bits per heavy atom. The van der Waals surface area contributed by atoms with Gasteiger partial charge in [-0.15, -0.1) is 0 Å². The molecular weight excluding hydrogens is 276 g/mol. The highest BCUT2D eigenvalue weighted by molar-refractivity contribution is 5.99.